The summed E-state index contributed by atoms with van der Waals surface area (Å²) in [5.74, 6) is -4.40. The largest absolute Gasteiger partial charge is 0.481 e. The highest BCUT2D eigenvalue weighted by atomic mass is 16.4. The minimum Gasteiger partial charge on any atom is -0.481 e. The zero-order chi connectivity index (χ0) is 26.5. The fourth-order valence-corrected chi connectivity index (χ4v) is 1.74. The van der Waals surface area contributed by atoms with Gasteiger partial charge in [-0.3, -0.25) is 24.0 Å². The van der Waals surface area contributed by atoms with Gasteiger partial charge in [0, 0.05) is 46.7 Å². The molecule has 0 saturated carbocycles. The highest BCUT2D eigenvalue weighted by molar-refractivity contribution is 5.69. The van der Waals surface area contributed by atoms with E-state index < -0.39 is 29.8 Å². The van der Waals surface area contributed by atoms with Crippen LogP contribution in [0.5, 0.6) is 0 Å². The molecule has 0 aromatic carbocycles. The van der Waals surface area contributed by atoms with Gasteiger partial charge in [-0.1, -0.05) is 25.7 Å². The molecule has 1 saturated heterocycles. The minimum absolute atomic E-state index is 0.0632. The molecular weight excluding hydrogens is 444 g/mol. The normalized spacial score (nSPS) is 13.4. The van der Waals surface area contributed by atoms with Crippen LogP contribution in [-0.4, -0.2) is 68.5 Å². The van der Waals surface area contributed by atoms with E-state index in [9.17, 15) is 9.59 Å². The highest BCUT2D eigenvalue weighted by Gasteiger charge is 1.99. The molecule has 0 unspecified atom stereocenters. The monoisotopic (exact) mass is 484 g/mol. The molecule has 9 N–H and O–H groups in total. The zero-order valence-electron chi connectivity index (χ0n) is 19.6. The van der Waals surface area contributed by atoms with Crippen molar-refractivity contribution in [2.45, 2.75) is 78.6 Å². The van der Waals surface area contributed by atoms with E-state index in [1.807, 2.05) is 0 Å². The molecular formula is C19H40N4O10. The van der Waals surface area contributed by atoms with Gasteiger partial charge in [0.1, 0.15) is 0 Å². The number of hydrogen-bond donors (Lipinski definition) is 9. The number of nitrogens with one attached hydrogen (secondary N) is 4. The van der Waals surface area contributed by atoms with E-state index >= 15 is 0 Å². The molecule has 0 bridgehead atoms. The van der Waals surface area contributed by atoms with Gasteiger partial charge in [0.05, 0.1) is 0 Å². The van der Waals surface area contributed by atoms with E-state index in [0.29, 0.717) is 0 Å². The molecule has 1 fully saturated rings. The first-order chi connectivity index (χ1) is 15.3. The second-order valence-electron chi connectivity index (χ2n) is 6.42. The lowest BCUT2D eigenvalue weighted by Gasteiger charge is -2.11. The number of rotatable bonds is 4. The van der Waals surface area contributed by atoms with Gasteiger partial charge >= 0.3 is 11.9 Å². The average molecular weight is 485 g/mol. The molecule has 33 heavy (non-hydrogen) atoms. The van der Waals surface area contributed by atoms with Gasteiger partial charge < -0.3 is 25.5 Å². The van der Waals surface area contributed by atoms with Crippen LogP contribution in [-0.2, 0) is 24.0 Å². The number of hydrazine groups is 3. The molecule has 0 aliphatic carbocycles. The average Bonchev–Trinajstić information content (AvgIpc) is 2.60. The summed E-state index contributed by atoms with van der Waals surface area (Å²) in [4.78, 5) is 46.6. The Bertz CT molecular complexity index is 421. The van der Waals surface area contributed by atoms with E-state index in [0.717, 1.165) is 33.9 Å². The smallest absolute Gasteiger partial charge is 0.303 e. The predicted octanol–water partition coefficient (Wildman–Crippen LogP) is 1.04. The van der Waals surface area contributed by atoms with Gasteiger partial charge in [-0.05, 0) is 19.3 Å². The molecule has 196 valence electrons. The van der Waals surface area contributed by atoms with Gasteiger partial charge in [-0.25, -0.2) is 10.9 Å². The number of hydrogen-bond acceptors (Lipinski definition) is 9. The standard InChI is InChI=1S/C8H20N4.C5H8O4.3C2H4O2/c1-2-4-6-8-10-12-11-9-7-5-3-1;6-4(7)2-1-3-5(8)9;3*1-2(3)4/h9-12H,1-8H2;1-3H2,(H,6,7)(H,8,9);3*1H3,(H,3,4). The Kier molecular flexibility index (Phi) is 35.7. The molecule has 14 heteroatoms. The van der Waals surface area contributed by atoms with Crippen molar-refractivity contribution in [3.8, 4) is 0 Å². The van der Waals surface area contributed by atoms with Gasteiger partial charge in [0.15, 0.2) is 0 Å². The molecule has 0 atom stereocenters. The van der Waals surface area contributed by atoms with Crippen LogP contribution in [0.3, 0.4) is 0 Å². The van der Waals surface area contributed by atoms with Gasteiger partial charge in [-0.2, -0.15) is 11.1 Å². The van der Waals surface area contributed by atoms with Crippen LogP contribution < -0.4 is 21.9 Å². The Morgan fingerprint density at radius 2 is 0.788 bits per heavy atom. The summed E-state index contributed by atoms with van der Waals surface area (Å²) in [5, 5.41) is 38.3. The predicted molar refractivity (Wildman–Crippen MR) is 119 cm³/mol. The number of carboxylic acids is 5. The molecule has 0 aromatic rings. The summed E-state index contributed by atoms with van der Waals surface area (Å²) < 4.78 is 0. The van der Waals surface area contributed by atoms with E-state index in [1.54, 1.807) is 0 Å². The quantitative estimate of drug-likeness (QED) is 0.271. The zero-order valence-corrected chi connectivity index (χ0v) is 19.6. The van der Waals surface area contributed by atoms with Crippen LogP contribution in [0.1, 0.15) is 78.6 Å². The van der Waals surface area contributed by atoms with Crippen LogP contribution >= 0.6 is 0 Å². The molecule has 14 nitrogen and oxygen atoms in total. The Labute approximate surface area is 193 Å². The molecule has 0 radical (unpaired) electrons. The number of carboxylic acid groups (broad SMARTS) is 5. The Hall–Kier alpha value is -2.81. The third kappa shape index (κ3) is 93.5. The SMILES string of the molecule is C1CCCCNNNNCCC1.CC(=O)O.CC(=O)O.CC(=O)O.O=C(O)CCCC(=O)O. The fraction of sp³-hybridized carbons (Fsp3) is 0.737. The lowest BCUT2D eigenvalue weighted by atomic mass is 10.1. The molecule has 1 heterocycles. The lowest BCUT2D eigenvalue weighted by molar-refractivity contribution is -0.139. The summed E-state index contributed by atoms with van der Waals surface area (Å²) in [6.07, 6.45) is 8.07. The Balaban J connectivity index is -0.000000176. The van der Waals surface area contributed by atoms with Crippen molar-refractivity contribution >= 4 is 29.8 Å². The number of carbonyl (C=O) groups is 5. The molecule has 0 amide bonds. The van der Waals surface area contributed by atoms with E-state index in [4.69, 9.17) is 39.9 Å². The maximum absolute atomic E-state index is 9.79. The van der Waals surface area contributed by atoms with Crippen LogP contribution in [0.2, 0.25) is 0 Å². The molecule has 0 aromatic heterocycles. The Morgan fingerprint density at radius 3 is 1.03 bits per heavy atom. The van der Waals surface area contributed by atoms with Crippen LogP contribution in [0.15, 0.2) is 0 Å². The Morgan fingerprint density at radius 1 is 0.545 bits per heavy atom. The third-order valence-electron chi connectivity index (χ3n) is 2.87. The third-order valence-corrected chi connectivity index (χ3v) is 2.87. The van der Waals surface area contributed by atoms with Crippen molar-refractivity contribution in [3.63, 3.8) is 0 Å². The van der Waals surface area contributed by atoms with Gasteiger partial charge in [-0.15, -0.1) is 0 Å². The lowest BCUT2D eigenvalue weighted by Crippen LogP contribution is -2.51. The highest BCUT2D eigenvalue weighted by Crippen LogP contribution is 2.04. The van der Waals surface area contributed by atoms with Crippen molar-refractivity contribution in [2.24, 2.45) is 0 Å². The van der Waals surface area contributed by atoms with Crippen LogP contribution in [0.4, 0.5) is 0 Å². The van der Waals surface area contributed by atoms with Crippen molar-refractivity contribution in [2.75, 3.05) is 13.1 Å². The summed E-state index contributed by atoms with van der Waals surface area (Å²) in [5.41, 5.74) is 11.9. The van der Waals surface area contributed by atoms with E-state index in [-0.39, 0.29) is 19.3 Å². The second-order valence-corrected chi connectivity index (χ2v) is 6.42. The van der Waals surface area contributed by atoms with Crippen LogP contribution in [0.25, 0.3) is 0 Å². The number of aliphatic carboxylic acids is 5. The molecule has 1 rings (SSSR count). The van der Waals surface area contributed by atoms with E-state index in [1.165, 1.54) is 38.5 Å². The van der Waals surface area contributed by atoms with E-state index in [2.05, 4.69) is 21.9 Å². The molecule has 1 aliphatic rings. The topological polar surface area (TPSA) is 235 Å². The first-order valence-corrected chi connectivity index (χ1v) is 10.3. The minimum atomic E-state index is -0.948. The van der Waals surface area contributed by atoms with Crippen molar-refractivity contribution in [1.29, 1.82) is 0 Å². The summed E-state index contributed by atoms with van der Waals surface area (Å²) in [6.45, 7) is 5.32. The maximum atomic E-state index is 9.79. The summed E-state index contributed by atoms with van der Waals surface area (Å²) in [6, 6.07) is 0. The maximum Gasteiger partial charge on any atom is 0.303 e. The van der Waals surface area contributed by atoms with Crippen molar-refractivity contribution in [1.82, 2.24) is 21.9 Å². The van der Waals surface area contributed by atoms with Gasteiger partial charge in [0.25, 0.3) is 17.9 Å². The summed E-state index contributed by atoms with van der Waals surface area (Å²) >= 11 is 0. The van der Waals surface area contributed by atoms with Crippen LogP contribution in [0, 0.1) is 0 Å². The molecule has 1 aliphatic heterocycles. The first-order valence-electron chi connectivity index (χ1n) is 10.3. The molecule has 0 spiro atoms. The summed E-state index contributed by atoms with van der Waals surface area (Å²) in [7, 11) is 0. The van der Waals surface area contributed by atoms with Gasteiger partial charge in [0.2, 0.25) is 0 Å². The van der Waals surface area contributed by atoms with Crippen molar-refractivity contribution < 1.29 is 49.5 Å². The van der Waals surface area contributed by atoms with Crippen molar-refractivity contribution in [3.05, 3.63) is 0 Å². The fourth-order valence-electron chi connectivity index (χ4n) is 1.74. The second kappa shape index (κ2) is 31.4. The first kappa shape index (κ1) is 37.5.